The van der Waals surface area contributed by atoms with Crippen molar-refractivity contribution in [3.05, 3.63) is 23.0 Å². The molecule has 6 heteroatoms. The van der Waals surface area contributed by atoms with Crippen molar-refractivity contribution in [1.82, 2.24) is 9.47 Å². The molecule has 1 rings (SSSR count). The second kappa shape index (κ2) is 6.79. The lowest BCUT2D eigenvalue weighted by Gasteiger charge is -2.24. The predicted molar refractivity (Wildman–Crippen MR) is 78.2 cm³/mol. The second-order valence-corrected chi connectivity index (χ2v) is 5.56. The normalized spacial score (nSPS) is 12.5. The number of hydrogen-bond donors (Lipinski definition) is 1. The van der Waals surface area contributed by atoms with Crippen LogP contribution in [0.4, 0.5) is 0 Å². The van der Waals surface area contributed by atoms with Crippen LogP contribution in [0.1, 0.15) is 44.2 Å². The van der Waals surface area contributed by atoms with Crippen LogP contribution in [0.15, 0.2) is 12.3 Å². The fourth-order valence-corrected chi connectivity index (χ4v) is 2.18. The van der Waals surface area contributed by atoms with Gasteiger partial charge in [-0.3, -0.25) is 9.59 Å². The first-order valence-electron chi connectivity index (χ1n) is 6.67. The number of halogens is 1. The van der Waals surface area contributed by atoms with Crippen LogP contribution in [0.2, 0.25) is 5.02 Å². The Labute approximate surface area is 124 Å². The van der Waals surface area contributed by atoms with E-state index in [0.29, 0.717) is 17.3 Å². The molecule has 0 saturated heterocycles. The van der Waals surface area contributed by atoms with Crippen molar-refractivity contribution in [1.29, 1.82) is 0 Å². The van der Waals surface area contributed by atoms with Gasteiger partial charge < -0.3 is 14.6 Å². The summed E-state index contributed by atoms with van der Waals surface area (Å²) in [5.74, 6) is -1.70. The molecule has 0 spiro atoms. The maximum Gasteiger partial charge on any atom is 0.308 e. The van der Waals surface area contributed by atoms with Crippen LogP contribution in [0, 0.1) is 5.92 Å². The Morgan fingerprint density at radius 3 is 2.45 bits per heavy atom. The van der Waals surface area contributed by atoms with Gasteiger partial charge in [0.25, 0.3) is 5.91 Å². The highest BCUT2D eigenvalue weighted by Gasteiger charge is 2.23. The molecule has 0 aliphatic heterocycles. The molecule has 0 fully saturated rings. The van der Waals surface area contributed by atoms with Crippen LogP contribution in [-0.4, -0.2) is 39.5 Å². The Morgan fingerprint density at radius 1 is 1.40 bits per heavy atom. The molecule has 0 aliphatic carbocycles. The first-order chi connectivity index (χ1) is 9.27. The van der Waals surface area contributed by atoms with Gasteiger partial charge in [0.15, 0.2) is 0 Å². The summed E-state index contributed by atoms with van der Waals surface area (Å²) in [5.41, 5.74) is 0.490. The maximum absolute atomic E-state index is 12.5. The summed E-state index contributed by atoms with van der Waals surface area (Å²) in [5, 5.41) is 9.47. The molecule has 0 radical (unpaired) electrons. The molecule has 1 amide bonds. The van der Waals surface area contributed by atoms with Gasteiger partial charge in [0.2, 0.25) is 0 Å². The summed E-state index contributed by atoms with van der Waals surface area (Å²) in [4.78, 5) is 25.0. The minimum atomic E-state index is -0.909. The van der Waals surface area contributed by atoms with Crippen LogP contribution in [0.3, 0.4) is 0 Å². The van der Waals surface area contributed by atoms with Crippen molar-refractivity contribution in [2.75, 3.05) is 13.1 Å². The number of carboxylic acids is 1. The molecule has 0 saturated carbocycles. The Balaban J connectivity index is 2.99. The lowest BCUT2D eigenvalue weighted by Crippen LogP contribution is -2.37. The van der Waals surface area contributed by atoms with E-state index in [1.54, 1.807) is 23.8 Å². The summed E-state index contributed by atoms with van der Waals surface area (Å²) in [6.45, 7) is 7.99. The summed E-state index contributed by atoms with van der Waals surface area (Å²) in [6, 6.07) is 1.73. The third-order valence-electron chi connectivity index (χ3n) is 3.18. The Hall–Kier alpha value is -1.49. The molecule has 112 valence electrons. The van der Waals surface area contributed by atoms with Crippen LogP contribution >= 0.6 is 11.6 Å². The summed E-state index contributed by atoms with van der Waals surface area (Å²) >= 11 is 5.97. The third-order valence-corrected chi connectivity index (χ3v) is 3.38. The van der Waals surface area contributed by atoms with Gasteiger partial charge in [-0.2, -0.15) is 0 Å². The lowest BCUT2D eigenvalue weighted by atomic mass is 10.1. The minimum absolute atomic E-state index is 0.108. The zero-order valence-electron chi connectivity index (χ0n) is 12.3. The molecule has 1 unspecified atom stereocenters. The molecule has 1 N–H and O–H groups in total. The maximum atomic E-state index is 12.5. The molecule has 5 nitrogen and oxygen atoms in total. The van der Waals surface area contributed by atoms with E-state index >= 15 is 0 Å². The van der Waals surface area contributed by atoms with E-state index in [1.807, 2.05) is 20.8 Å². The number of hydrogen-bond acceptors (Lipinski definition) is 2. The van der Waals surface area contributed by atoms with Gasteiger partial charge in [-0.05, 0) is 26.8 Å². The van der Waals surface area contributed by atoms with Gasteiger partial charge in [0, 0.05) is 25.3 Å². The third kappa shape index (κ3) is 3.76. The molecule has 1 aromatic rings. The van der Waals surface area contributed by atoms with Crippen LogP contribution in [0.5, 0.6) is 0 Å². The monoisotopic (exact) mass is 300 g/mol. The van der Waals surface area contributed by atoms with E-state index in [-0.39, 0.29) is 18.5 Å². The molecule has 0 aliphatic rings. The van der Waals surface area contributed by atoms with Gasteiger partial charge in [0.1, 0.15) is 5.69 Å². The SMILES string of the molecule is CCN(CC(C)C(=O)O)C(=O)c1cc(Cl)cn1C(C)C. The van der Waals surface area contributed by atoms with Crippen molar-refractivity contribution in [3.63, 3.8) is 0 Å². The van der Waals surface area contributed by atoms with Crippen molar-refractivity contribution < 1.29 is 14.7 Å². The average Bonchev–Trinajstić information content (AvgIpc) is 2.76. The Morgan fingerprint density at radius 2 is 2.00 bits per heavy atom. The van der Waals surface area contributed by atoms with E-state index in [0.717, 1.165) is 0 Å². The minimum Gasteiger partial charge on any atom is -0.481 e. The number of aliphatic carboxylic acids is 1. The van der Waals surface area contributed by atoms with Crippen molar-refractivity contribution in [2.24, 2.45) is 5.92 Å². The van der Waals surface area contributed by atoms with Crippen LogP contribution < -0.4 is 0 Å². The van der Waals surface area contributed by atoms with Crippen molar-refractivity contribution >= 4 is 23.5 Å². The van der Waals surface area contributed by atoms with E-state index in [9.17, 15) is 9.59 Å². The highest BCUT2D eigenvalue weighted by molar-refractivity contribution is 6.31. The van der Waals surface area contributed by atoms with Crippen LogP contribution in [-0.2, 0) is 4.79 Å². The molecule has 1 aromatic heterocycles. The summed E-state index contributed by atoms with van der Waals surface area (Å²) in [6.07, 6.45) is 1.72. The fourth-order valence-electron chi connectivity index (χ4n) is 1.97. The molecular weight excluding hydrogens is 280 g/mol. The van der Waals surface area contributed by atoms with Gasteiger partial charge in [-0.25, -0.2) is 0 Å². The quantitative estimate of drug-likeness (QED) is 0.878. The smallest absolute Gasteiger partial charge is 0.308 e. The Kier molecular flexibility index (Phi) is 5.62. The van der Waals surface area contributed by atoms with E-state index in [2.05, 4.69) is 0 Å². The number of nitrogens with zero attached hydrogens (tertiary/aromatic N) is 2. The van der Waals surface area contributed by atoms with Gasteiger partial charge in [0.05, 0.1) is 10.9 Å². The van der Waals surface area contributed by atoms with Gasteiger partial charge in [-0.15, -0.1) is 0 Å². The van der Waals surface area contributed by atoms with E-state index in [4.69, 9.17) is 16.7 Å². The summed E-state index contributed by atoms with van der Waals surface area (Å²) in [7, 11) is 0. The average molecular weight is 301 g/mol. The second-order valence-electron chi connectivity index (χ2n) is 5.13. The number of amides is 1. The molecule has 1 heterocycles. The summed E-state index contributed by atoms with van der Waals surface area (Å²) < 4.78 is 1.80. The number of rotatable bonds is 6. The first kappa shape index (κ1) is 16.6. The van der Waals surface area contributed by atoms with Gasteiger partial charge >= 0.3 is 5.97 Å². The van der Waals surface area contributed by atoms with Crippen molar-refractivity contribution in [3.8, 4) is 0 Å². The largest absolute Gasteiger partial charge is 0.481 e. The van der Waals surface area contributed by atoms with Crippen molar-refractivity contribution in [2.45, 2.75) is 33.7 Å². The van der Waals surface area contributed by atoms with Crippen LogP contribution in [0.25, 0.3) is 0 Å². The topological polar surface area (TPSA) is 62.5 Å². The standard InChI is InChI=1S/C14H21ClN2O3/c1-5-16(7-10(4)14(19)20)13(18)12-6-11(15)8-17(12)9(2)3/h6,8-10H,5,7H2,1-4H3,(H,19,20). The highest BCUT2D eigenvalue weighted by Crippen LogP contribution is 2.20. The number of carboxylic acid groups (broad SMARTS) is 1. The van der Waals surface area contributed by atoms with Gasteiger partial charge in [-0.1, -0.05) is 18.5 Å². The molecule has 1 atom stereocenters. The zero-order valence-corrected chi connectivity index (χ0v) is 13.0. The predicted octanol–water partition coefficient (Wildman–Crippen LogP) is 2.91. The number of carbonyl (C=O) groups excluding carboxylic acids is 1. The highest BCUT2D eigenvalue weighted by atomic mass is 35.5. The molecule has 20 heavy (non-hydrogen) atoms. The van der Waals surface area contributed by atoms with E-state index in [1.165, 1.54) is 4.90 Å². The lowest BCUT2D eigenvalue weighted by molar-refractivity contribution is -0.141. The molecule has 0 aromatic carbocycles. The molecular formula is C14H21ClN2O3. The fraction of sp³-hybridized carbons (Fsp3) is 0.571. The Bertz CT molecular complexity index is 497. The molecule has 0 bridgehead atoms. The van der Waals surface area contributed by atoms with E-state index < -0.39 is 11.9 Å². The number of aromatic nitrogens is 1. The zero-order chi connectivity index (χ0) is 15.4. The number of carbonyl (C=O) groups is 2. The first-order valence-corrected chi connectivity index (χ1v) is 7.05.